The summed E-state index contributed by atoms with van der Waals surface area (Å²) >= 11 is 0. The van der Waals surface area contributed by atoms with Crippen LogP contribution < -0.4 is 11.1 Å². The van der Waals surface area contributed by atoms with Crippen LogP contribution in [-0.2, 0) is 19.4 Å². The molecule has 182 valence electrons. The lowest BCUT2D eigenvalue weighted by Crippen LogP contribution is -2.42. The molecule has 1 amide bonds. The highest BCUT2D eigenvalue weighted by atomic mass is 16.3. The van der Waals surface area contributed by atoms with Crippen molar-refractivity contribution in [3.63, 3.8) is 0 Å². The Labute approximate surface area is 202 Å². The van der Waals surface area contributed by atoms with Crippen LogP contribution in [-0.4, -0.2) is 64.1 Å². The quantitative estimate of drug-likeness (QED) is 0.529. The van der Waals surface area contributed by atoms with Crippen molar-refractivity contribution in [1.29, 1.82) is 0 Å². The Morgan fingerprint density at radius 3 is 2.71 bits per heavy atom. The summed E-state index contributed by atoms with van der Waals surface area (Å²) < 4.78 is 0. The molecule has 1 atom stereocenters. The van der Waals surface area contributed by atoms with Crippen LogP contribution in [0, 0.1) is 0 Å². The van der Waals surface area contributed by atoms with Gasteiger partial charge >= 0.3 is 0 Å². The van der Waals surface area contributed by atoms with Gasteiger partial charge in [-0.05, 0) is 61.8 Å². The minimum Gasteiger partial charge on any atom is -0.391 e. The predicted molar refractivity (Wildman–Crippen MR) is 136 cm³/mol. The summed E-state index contributed by atoms with van der Waals surface area (Å²) in [5.74, 6) is 0.729. The van der Waals surface area contributed by atoms with Crippen LogP contribution >= 0.6 is 0 Å². The van der Waals surface area contributed by atoms with E-state index in [9.17, 15) is 9.90 Å². The molecule has 0 aliphatic carbocycles. The number of anilines is 1. The molecule has 1 saturated heterocycles. The zero-order valence-electron chi connectivity index (χ0n) is 20.2. The average Bonchev–Trinajstić information content (AvgIpc) is 2.85. The van der Waals surface area contributed by atoms with Crippen molar-refractivity contribution in [3.05, 3.63) is 71.1 Å². The number of aliphatic hydroxyl groups excluding tert-OH is 1. The van der Waals surface area contributed by atoms with E-state index in [2.05, 4.69) is 27.8 Å². The number of fused-ring (bicyclic) bond motifs is 1. The van der Waals surface area contributed by atoms with E-state index >= 15 is 0 Å². The lowest BCUT2D eigenvalue weighted by Gasteiger charge is -2.34. The lowest BCUT2D eigenvalue weighted by atomic mass is 9.98. The summed E-state index contributed by atoms with van der Waals surface area (Å²) in [5.41, 5.74) is 10.9. The van der Waals surface area contributed by atoms with Crippen LogP contribution in [0.3, 0.4) is 0 Å². The molecule has 1 aromatic heterocycles. The molecular formula is C27H37N5O2. The first kappa shape index (κ1) is 24.2. The van der Waals surface area contributed by atoms with Gasteiger partial charge in [-0.3, -0.25) is 4.79 Å². The molecule has 1 fully saturated rings. The molecular weight excluding hydrogens is 426 g/mol. The zero-order valence-corrected chi connectivity index (χ0v) is 20.2. The highest BCUT2D eigenvalue weighted by Gasteiger charge is 2.27. The number of amides is 1. The van der Waals surface area contributed by atoms with Gasteiger partial charge in [-0.2, -0.15) is 0 Å². The van der Waals surface area contributed by atoms with E-state index in [0.717, 1.165) is 67.0 Å². The minimum atomic E-state index is -0.575. The molecule has 2 aliphatic heterocycles. The number of carbonyl (C=O) groups is 1. The highest BCUT2D eigenvalue weighted by molar-refractivity contribution is 5.97. The van der Waals surface area contributed by atoms with Crippen molar-refractivity contribution < 1.29 is 9.90 Å². The van der Waals surface area contributed by atoms with E-state index in [1.165, 1.54) is 0 Å². The van der Waals surface area contributed by atoms with Crippen LogP contribution in [0.15, 0.2) is 48.8 Å². The van der Waals surface area contributed by atoms with Crippen molar-refractivity contribution in [1.82, 2.24) is 14.8 Å². The molecule has 0 radical (unpaired) electrons. The number of aromatic nitrogens is 1. The number of hydrogen-bond acceptors (Lipinski definition) is 6. The summed E-state index contributed by atoms with van der Waals surface area (Å²) in [4.78, 5) is 21.9. The minimum absolute atomic E-state index is 0.0230. The van der Waals surface area contributed by atoms with Gasteiger partial charge in [0.2, 0.25) is 0 Å². The van der Waals surface area contributed by atoms with Gasteiger partial charge in [-0.25, -0.2) is 4.98 Å². The maximum Gasteiger partial charge on any atom is 0.254 e. The van der Waals surface area contributed by atoms with Crippen LogP contribution in [0.2, 0.25) is 0 Å². The van der Waals surface area contributed by atoms with E-state index in [1.807, 2.05) is 37.4 Å². The Hall–Kier alpha value is -2.90. The van der Waals surface area contributed by atoms with Crippen LogP contribution in [0.1, 0.15) is 53.2 Å². The number of nitrogens with zero attached hydrogens (tertiary/aromatic N) is 3. The second kappa shape index (κ2) is 11.0. The van der Waals surface area contributed by atoms with E-state index in [-0.39, 0.29) is 5.91 Å². The number of benzene rings is 1. The predicted octanol–water partition coefficient (Wildman–Crippen LogP) is 2.94. The van der Waals surface area contributed by atoms with Crippen molar-refractivity contribution >= 4 is 11.7 Å². The second-order valence-electron chi connectivity index (χ2n) is 9.53. The molecule has 0 saturated carbocycles. The number of rotatable bonds is 9. The van der Waals surface area contributed by atoms with Crippen LogP contribution in [0.25, 0.3) is 0 Å². The number of likely N-dealkylation sites (tertiary alicyclic amines) is 1. The Morgan fingerprint density at radius 2 is 2.00 bits per heavy atom. The number of piperidine rings is 1. The number of allylic oxidation sites excluding steroid dienone is 1. The molecule has 0 spiro atoms. The van der Waals surface area contributed by atoms with E-state index < -0.39 is 6.10 Å². The standard InChI is InChI=1S/C27H37N5O2/c1-19(2)31-13-10-23(11-14-31)30-26-15-25-22(17-29-26)9-12-32(27(25)34)18-24(33)8-7-20-5-3-4-6-21(20)16-28/h3-6,15,17,23-24,33H,1,7-14,16,18,28H2,2H3,(H,29,30). The van der Waals surface area contributed by atoms with E-state index in [1.54, 1.807) is 4.90 Å². The Balaban J connectivity index is 1.33. The monoisotopic (exact) mass is 463 g/mol. The summed E-state index contributed by atoms with van der Waals surface area (Å²) in [7, 11) is 0. The van der Waals surface area contributed by atoms with Crippen molar-refractivity contribution in [3.8, 4) is 0 Å². The smallest absolute Gasteiger partial charge is 0.254 e. The van der Waals surface area contributed by atoms with E-state index in [0.29, 0.717) is 37.7 Å². The van der Waals surface area contributed by atoms with Crippen molar-refractivity contribution in [2.24, 2.45) is 5.73 Å². The molecule has 2 aromatic rings. The largest absolute Gasteiger partial charge is 0.391 e. The fourth-order valence-corrected chi connectivity index (χ4v) is 4.95. The third-order valence-corrected chi connectivity index (χ3v) is 7.06. The number of carbonyl (C=O) groups excluding carboxylic acids is 1. The fourth-order valence-electron chi connectivity index (χ4n) is 4.95. The van der Waals surface area contributed by atoms with Crippen molar-refractivity contribution in [2.45, 2.75) is 57.7 Å². The number of nitrogens with two attached hydrogens (primary N) is 1. The summed E-state index contributed by atoms with van der Waals surface area (Å²) in [5, 5.41) is 14.2. The molecule has 4 N–H and O–H groups in total. The summed E-state index contributed by atoms with van der Waals surface area (Å²) in [6, 6.07) is 10.3. The van der Waals surface area contributed by atoms with Gasteiger partial charge in [-0.15, -0.1) is 0 Å². The number of β-amino-alcohol motifs (C(OH)–C–C–N with tert-alkyl or cyclic N) is 1. The lowest BCUT2D eigenvalue weighted by molar-refractivity contribution is 0.0591. The number of aliphatic hydroxyl groups is 1. The van der Waals surface area contributed by atoms with Gasteiger partial charge in [0.1, 0.15) is 5.82 Å². The molecule has 4 rings (SSSR count). The first-order chi connectivity index (χ1) is 16.4. The molecule has 1 aromatic carbocycles. The van der Waals surface area contributed by atoms with Gasteiger partial charge in [0, 0.05) is 56.2 Å². The van der Waals surface area contributed by atoms with Gasteiger partial charge in [0.05, 0.1) is 6.10 Å². The topological polar surface area (TPSA) is 94.7 Å². The van der Waals surface area contributed by atoms with Gasteiger partial charge in [-0.1, -0.05) is 30.8 Å². The van der Waals surface area contributed by atoms with Gasteiger partial charge in [0.25, 0.3) is 5.91 Å². The Kier molecular flexibility index (Phi) is 7.85. The maximum absolute atomic E-state index is 13.2. The molecule has 1 unspecified atom stereocenters. The molecule has 2 aliphatic rings. The first-order valence-corrected chi connectivity index (χ1v) is 12.3. The molecule has 34 heavy (non-hydrogen) atoms. The number of nitrogens with one attached hydrogen (secondary N) is 1. The van der Waals surface area contributed by atoms with Crippen LogP contribution in [0.4, 0.5) is 5.82 Å². The number of hydrogen-bond donors (Lipinski definition) is 3. The second-order valence-corrected chi connectivity index (χ2v) is 9.53. The van der Waals surface area contributed by atoms with Gasteiger partial charge in [0.15, 0.2) is 0 Å². The Morgan fingerprint density at radius 1 is 1.26 bits per heavy atom. The van der Waals surface area contributed by atoms with Crippen molar-refractivity contribution in [2.75, 3.05) is 31.5 Å². The number of pyridine rings is 1. The molecule has 7 heteroatoms. The Bertz CT molecular complexity index is 1020. The fraction of sp³-hybridized carbons (Fsp3) is 0.481. The third kappa shape index (κ3) is 5.77. The first-order valence-electron chi connectivity index (χ1n) is 12.3. The summed E-state index contributed by atoms with van der Waals surface area (Å²) in [6.07, 6.45) is 5.39. The molecule has 3 heterocycles. The molecule has 7 nitrogen and oxygen atoms in total. The molecule has 0 bridgehead atoms. The SMILES string of the molecule is C=C(C)N1CCC(Nc2cc3c(cn2)CCN(CC(O)CCc2ccccc2CN)C3=O)CC1. The third-order valence-electron chi connectivity index (χ3n) is 7.06. The maximum atomic E-state index is 13.2. The van der Waals surface area contributed by atoms with Crippen LogP contribution in [0.5, 0.6) is 0 Å². The average molecular weight is 464 g/mol. The number of aryl methyl sites for hydroxylation is 1. The normalized spacial score (nSPS) is 17.4. The van der Waals surface area contributed by atoms with Gasteiger partial charge < -0.3 is 26.0 Å². The zero-order chi connectivity index (χ0) is 24.1. The van der Waals surface area contributed by atoms with E-state index in [4.69, 9.17) is 5.73 Å². The highest BCUT2D eigenvalue weighted by Crippen LogP contribution is 2.24. The summed E-state index contributed by atoms with van der Waals surface area (Å²) in [6.45, 7) is 9.49.